The maximum Gasteiger partial charge on any atom is 0.156 e. The van der Waals surface area contributed by atoms with Crippen LogP contribution in [0.3, 0.4) is 0 Å². The number of hydrogen-bond acceptors (Lipinski definition) is 5. The second kappa shape index (κ2) is 5.34. The van der Waals surface area contributed by atoms with Crippen molar-refractivity contribution in [2.24, 2.45) is 0 Å². The largest absolute Gasteiger partial charge is 0.369 e. The first-order valence-electron chi connectivity index (χ1n) is 7.47. The number of hydrogen-bond donors (Lipinski definition) is 1. The summed E-state index contributed by atoms with van der Waals surface area (Å²) in [7, 11) is -2.87. The fourth-order valence-corrected chi connectivity index (χ4v) is 4.00. The molecule has 0 atom stereocenters. The second-order valence-electron chi connectivity index (χ2n) is 5.66. The van der Waals surface area contributed by atoms with Crippen molar-refractivity contribution in [3.05, 3.63) is 42.7 Å². The third-order valence-electron chi connectivity index (χ3n) is 4.11. The minimum absolute atomic E-state index is 0.215. The summed E-state index contributed by atoms with van der Waals surface area (Å²) in [5.74, 6) is 0.429. The molecule has 0 unspecified atom stereocenters. The number of aromatic amines is 1. The molecular weight excluding hydrogens is 312 g/mol. The van der Waals surface area contributed by atoms with Crippen molar-refractivity contribution in [2.75, 3.05) is 29.5 Å². The van der Waals surface area contributed by atoms with Gasteiger partial charge in [0, 0.05) is 30.5 Å². The monoisotopic (exact) mass is 328 g/mol. The summed E-state index contributed by atoms with van der Waals surface area (Å²) in [6, 6.07) is 9.90. The summed E-state index contributed by atoms with van der Waals surface area (Å²) in [5, 5.41) is 0. The molecule has 1 aliphatic heterocycles. The summed E-state index contributed by atoms with van der Waals surface area (Å²) in [6.45, 7) is 1.07. The number of nitrogens with one attached hydrogen (secondary N) is 1. The summed E-state index contributed by atoms with van der Waals surface area (Å²) in [6.07, 6.45) is 3.57. The Labute approximate surface area is 134 Å². The van der Waals surface area contributed by atoms with Gasteiger partial charge in [-0.2, -0.15) is 0 Å². The molecule has 2 aromatic heterocycles. The lowest BCUT2D eigenvalue weighted by Crippen LogP contribution is -2.40. The van der Waals surface area contributed by atoms with Gasteiger partial charge >= 0.3 is 0 Å². The van der Waals surface area contributed by atoms with E-state index in [1.807, 2.05) is 36.5 Å². The van der Waals surface area contributed by atoms with Crippen LogP contribution in [0, 0.1) is 0 Å². The molecule has 1 fully saturated rings. The highest BCUT2D eigenvalue weighted by molar-refractivity contribution is 7.91. The molecule has 6 nitrogen and oxygen atoms in total. The maximum atomic E-state index is 11.6. The van der Waals surface area contributed by atoms with E-state index in [1.165, 1.54) is 0 Å². The van der Waals surface area contributed by atoms with Gasteiger partial charge in [-0.15, -0.1) is 0 Å². The molecule has 23 heavy (non-hydrogen) atoms. The SMILES string of the molecule is O=S1(=O)CCN(c2cccc(-c3cnc4[nH]ccc4n3)c2)CC1. The summed E-state index contributed by atoms with van der Waals surface area (Å²) in [5.41, 5.74) is 4.41. The lowest BCUT2D eigenvalue weighted by molar-refractivity contribution is 0.587. The van der Waals surface area contributed by atoms with Crippen molar-refractivity contribution >= 4 is 26.7 Å². The molecule has 1 N–H and O–H groups in total. The van der Waals surface area contributed by atoms with E-state index in [1.54, 1.807) is 6.20 Å². The third kappa shape index (κ3) is 2.79. The van der Waals surface area contributed by atoms with Crippen molar-refractivity contribution in [3.8, 4) is 11.3 Å². The molecule has 1 aromatic carbocycles. The van der Waals surface area contributed by atoms with Crippen LogP contribution in [0.2, 0.25) is 0 Å². The van der Waals surface area contributed by atoms with Gasteiger partial charge in [0.05, 0.1) is 23.4 Å². The van der Waals surface area contributed by atoms with Gasteiger partial charge in [0.1, 0.15) is 5.52 Å². The van der Waals surface area contributed by atoms with Crippen LogP contribution >= 0.6 is 0 Å². The van der Waals surface area contributed by atoms with Crippen LogP contribution in [0.4, 0.5) is 5.69 Å². The molecule has 0 bridgehead atoms. The van der Waals surface area contributed by atoms with Crippen LogP contribution in [-0.2, 0) is 9.84 Å². The summed E-state index contributed by atoms with van der Waals surface area (Å²) < 4.78 is 23.1. The summed E-state index contributed by atoms with van der Waals surface area (Å²) in [4.78, 5) is 14.1. The van der Waals surface area contributed by atoms with E-state index in [9.17, 15) is 8.42 Å². The number of fused-ring (bicyclic) bond motifs is 1. The molecule has 0 aliphatic carbocycles. The topological polar surface area (TPSA) is 79.0 Å². The van der Waals surface area contributed by atoms with Gasteiger partial charge in [-0.3, -0.25) is 0 Å². The minimum Gasteiger partial charge on any atom is -0.369 e. The van der Waals surface area contributed by atoms with Gasteiger partial charge < -0.3 is 9.88 Å². The van der Waals surface area contributed by atoms with Crippen molar-refractivity contribution < 1.29 is 8.42 Å². The van der Waals surface area contributed by atoms with E-state index in [2.05, 4.69) is 19.9 Å². The standard InChI is InChI=1S/C16H16N4O2S/c21-23(22)8-6-20(7-9-23)13-3-1-2-12(10-13)15-11-18-16-14(19-15)4-5-17-16/h1-5,10-11H,6-9H2,(H,17,18). The number of rotatable bonds is 2. The van der Waals surface area contributed by atoms with Gasteiger partial charge in [0.25, 0.3) is 0 Å². The Balaban J connectivity index is 1.65. The third-order valence-corrected chi connectivity index (χ3v) is 5.72. The number of H-pyrrole nitrogens is 1. The predicted octanol–water partition coefficient (Wildman–Crippen LogP) is 1.86. The summed E-state index contributed by atoms with van der Waals surface area (Å²) >= 11 is 0. The molecule has 0 radical (unpaired) electrons. The van der Waals surface area contributed by atoms with Crippen molar-refractivity contribution in [2.45, 2.75) is 0 Å². The Morgan fingerprint density at radius 2 is 1.96 bits per heavy atom. The van der Waals surface area contributed by atoms with E-state index in [0.717, 1.165) is 28.1 Å². The van der Waals surface area contributed by atoms with Gasteiger partial charge in [0.15, 0.2) is 15.5 Å². The van der Waals surface area contributed by atoms with E-state index in [4.69, 9.17) is 0 Å². The first-order valence-corrected chi connectivity index (χ1v) is 9.29. The van der Waals surface area contributed by atoms with Crippen LogP contribution in [0.5, 0.6) is 0 Å². The molecule has 118 valence electrons. The zero-order valence-corrected chi connectivity index (χ0v) is 13.3. The molecule has 7 heteroatoms. The highest BCUT2D eigenvalue weighted by atomic mass is 32.2. The lowest BCUT2D eigenvalue weighted by Gasteiger charge is -2.29. The number of nitrogens with zero attached hydrogens (tertiary/aromatic N) is 3. The van der Waals surface area contributed by atoms with Crippen LogP contribution in [0.15, 0.2) is 42.7 Å². The number of sulfone groups is 1. The highest BCUT2D eigenvalue weighted by Gasteiger charge is 2.21. The molecule has 4 rings (SSSR count). The Bertz CT molecular complexity index is 951. The number of anilines is 1. The van der Waals surface area contributed by atoms with Crippen molar-refractivity contribution in [3.63, 3.8) is 0 Å². The normalized spacial score (nSPS) is 17.5. The van der Waals surface area contributed by atoms with E-state index in [0.29, 0.717) is 13.1 Å². The molecule has 3 heterocycles. The van der Waals surface area contributed by atoms with Crippen LogP contribution in [0.25, 0.3) is 22.4 Å². The molecule has 1 aliphatic rings. The Morgan fingerprint density at radius 3 is 2.78 bits per heavy atom. The van der Waals surface area contributed by atoms with Gasteiger partial charge in [-0.1, -0.05) is 12.1 Å². The number of aromatic nitrogens is 3. The second-order valence-corrected chi connectivity index (χ2v) is 7.96. The zero-order valence-electron chi connectivity index (χ0n) is 12.4. The Morgan fingerprint density at radius 1 is 1.13 bits per heavy atom. The molecule has 1 saturated heterocycles. The average Bonchev–Trinajstić information content (AvgIpc) is 3.02. The zero-order chi connectivity index (χ0) is 15.9. The van der Waals surface area contributed by atoms with Gasteiger partial charge in [-0.25, -0.2) is 18.4 Å². The lowest BCUT2D eigenvalue weighted by atomic mass is 10.1. The molecule has 0 saturated carbocycles. The van der Waals surface area contributed by atoms with Crippen LogP contribution < -0.4 is 4.90 Å². The minimum atomic E-state index is -2.87. The fourth-order valence-electron chi connectivity index (χ4n) is 2.80. The van der Waals surface area contributed by atoms with E-state index in [-0.39, 0.29) is 11.5 Å². The van der Waals surface area contributed by atoms with Gasteiger partial charge in [-0.05, 0) is 18.2 Å². The quantitative estimate of drug-likeness (QED) is 0.777. The maximum absolute atomic E-state index is 11.6. The average molecular weight is 328 g/mol. The molecule has 3 aromatic rings. The first-order chi connectivity index (χ1) is 11.1. The molecule has 0 amide bonds. The Kier molecular flexibility index (Phi) is 3.30. The highest BCUT2D eigenvalue weighted by Crippen LogP contribution is 2.25. The molecule has 0 spiro atoms. The van der Waals surface area contributed by atoms with E-state index < -0.39 is 9.84 Å². The molecular formula is C16H16N4O2S. The predicted molar refractivity (Wildman–Crippen MR) is 90.2 cm³/mol. The van der Waals surface area contributed by atoms with E-state index >= 15 is 0 Å². The van der Waals surface area contributed by atoms with Crippen molar-refractivity contribution in [1.82, 2.24) is 15.0 Å². The number of benzene rings is 1. The first kappa shape index (κ1) is 14.2. The van der Waals surface area contributed by atoms with Crippen LogP contribution in [-0.4, -0.2) is 48.0 Å². The fraction of sp³-hybridized carbons (Fsp3) is 0.250. The van der Waals surface area contributed by atoms with Crippen LogP contribution in [0.1, 0.15) is 0 Å². The smallest absolute Gasteiger partial charge is 0.156 e. The van der Waals surface area contributed by atoms with Crippen molar-refractivity contribution in [1.29, 1.82) is 0 Å². The van der Waals surface area contributed by atoms with Gasteiger partial charge in [0.2, 0.25) is 0 Å². The Hall–Kier alpha value is -2.41.